The highest BCUT2D eigenvalue weighted by atomic mass is 19.1. The van der Waals surface area contributed by atoms with Crippen molar-refractivity contribution in [1.29, 1.82) is 0 Å². The number of hydrogen-bond acceptors (Lipinski definition) is 3. The van der Waals surface area contributed by atoms with Gasteiger partial charge in [-0.1, -0.05) is 19.1 Å². The van der Waals surface area contributed by atoms with E-state index >= 15 is 0 Å². The Labute approximate surface area is 146 Å². The number of halogens is 1. The molecule has 7 nitrogen and oxygen atoms in total. The van der Waals surface area contributed by atoms with Crippen molar-refractivity contribution in [2.45, 2.75) is 39.3 Å². The molecule has 0 aliphatic rings. The number of benzene rings is 1. The lowest BCUT2D eigenvalue weighted by Gasteiger charge is -2.12. The summed E-state index contributed by atoms with van der Waals surface area (Å²) in [5, 5.41) is 10.3. The molecular formula is C17H25FN4O3. The van der Waals surface area contributed by atoms with Gasteiger partial charge in [0.05, 0.1) is 6.54 Å². The maximum Gasteiger partial charge on any atom is 0.315 e. The smallest absolute Gasteiger partial charge is 0.315 e. The molecule has 1 aromatic carbocycles. The lowest BCUT2D eigenvalue weighted by atomic mass is 10.2. The Morgan fingerprint density at radius 2 is 1.72 bits per heavy atom. The van der Waals surface area contributed by atoms with Crippen LogP contribution in [0, 0.1) is 5.82 Å². The van der Waals surface area contributed by atoms with Gasteiger partial charge in [-0.15, -0.1) is 0 Å². The average molecular weight is 352 g/mol. The largest absolute Gasteiger partial charge is 0.354 e. The van der Waals surface area contributed by atoms with E-state index in [2.05, 4.69) is 21.3 Å². The van der Waals surface area contributed by atoms with Gasteiger partial charge in [-0.3, -0.25) is 9.59 Å². The van der Waals surface area contributed by atoms with Gasteiger partial charge in [0.1, 0.15) is 5.82 Å². The molecule has 138 valence electrons. The number of rotatable bonds is 9. The first-order valence-electron chi connectivity index (χ1n) is 8.23. The van der Waals surface area contributed by atoms with Crippen LogP contribution in [0.2, 0.25) is 0 Å². The number of carbonyl (C=O) groups excluding carboxylic acids is 3. The predicted octanol–water partition coefficient (Wildman–Crippen LogP) is 1.05. The van der Waals surface area contributed by atoms with Gasteiger partial charge in [-0.25, -0.2) is 9.18 Å². The van der Waals surface area contributed by atoms with Gasteiger partial charge in [0.15, 0.2) is 0 Å². The Morgan fingerprint density at radius 1 is 1.04 bits per heavy atom. The number of urea groups is 1. The van der Waals surface area contributed by atoms with Crippen LogP contribution in [0.3, 0.4) is 0 Å². The number of carbonyl (C=O) groups is 3. The van der Waals surface area contributed by atoms with E-state index in [1.165, 1.54) is 12.1 Å². The third kappa shape index (κ3) is 9.29. The van der Waals surface area contributed by atoms with Crippen molar-refractivity contribution < 1.29 is 18.8 Å². The summed E-state index contributed by atoms with van der Waals surface area (Å²) in [7, 11) is 0. The van der Waals surface area contributed by atoms with Crippen molar-refractivity contribution in [1.82, 2.24) is 21.3 Å². The summed E-state index contributed by atoms with van der Waals surface area (Å²) in [5.41, 5.74) is 0.744. The van der Waals surface area contributed by atoms with Crippen LogP contribution < -0.4 is 21.3 Å². The molecule has 4 N–H and O–H groups in total. The highest BCUT2D eigenvalue weighted by molar-refractivity contribution is 5.84. The molecule has 1 rings (SSSR count). The van der Waals surface area contributed by atoms with Crippen LogP contribution in [0.4, 0.5) is 9.18 Å². The van der Waals surface area contributed by atoms with Crippen molar-refractivity contribution in [3.05, 3.63) is 35.6 Å². The third-order valence-electron chi connectivity index (χ3n) is 3.47. The van der Waals surface area contributed by atoms with E-state index in [1.807, 2.05) is 13.8 Å². The first-order valence-corrected chi connectivity index (χ1v) is 8.23. The standard InChI is InChI=1S/C17H25FN4O3/c1-3-12(2)22-15(23)8-9-19-16(24)11-21-17(25)20-10-13-4-6-14(18)7-5-13/h4-7,12H,3,8-11H2,1-2H3,(H,19,24)(H,22,23)(H2,20,21,25). The molecule has 0 saturated carbocycles. The SMILES string of the molecule is CCC(C)NC(=O)CCNC(=O)CNC(=O)NCc1ccc(F)cc1. The second-order valence-corrected chi connectivity index (χ2v) is 5.64. The second-order valence-electron chi connectivity index (χ2n) is 5.64. The molecule has 0 aliphatic heterocycles. The molecule has 1 aromatic rings. The molecule has 1 unspecified atom stereocenters. The van der Waals surface area contributed by atoms with Gasteiger partial charge in [-0.2, -0.15) is 0 Å². The van der Waals surface area contributed by atoms with Gasteiger partial charge < -0.3 is 21.3 Å². The molecule has 25 heavy (non-hydrogen) atoms. The van der Waals surface area contributed by atoms with Crippen LogP contribution in [-0.2, 0) is 16.1 Å². The summed E-state index contributed by atoms with van der Waals surface area (Å²) in [4.78, 5) is 34.7. The first kappa shape index (κ1) is 20.4. The summed E-state index contributed by atoms with van der Waals surface area (Å²) in [6, 6.07) is 5.34. The van der Waals surface area contributed by atoms with E-state index in [0.29, 0.717) is 0 Å². The molecule has 0 radical (unpaired) electrons. The maximum atomic E-state index is 12.8. The second kappa shape index (κ2) is 11.0. The molecule has 0 saturated heterocycles. The molecule has 0 spiro atoms. The van der Waals surface area contributed by atoms with Crippen LogP contribution in [0.5, 0.6) is 0 Å². The monoisotopic (exact) mass is 352 g/mol. The van der Waals surface area contributed by atoms with Crippen molar-refractivity contribution >= 4 is 17.8 Å². The Kier molecular flexibility index (Phi) is 8.99. The zero-order valence-electron chi connectivity index (χ0n) is 14.5. The Hall–Kier alpha value is -2.64. The van der Waals surface area contributed by atoms with Gasteiger partial charge in [0.25, 0.3) is 0 Å². The summed E-state index contributed by atoms with van der Waals surface area (Å²) in [6.07, 6.45) is 1.03. The van der Waals surface area contributed by atoms with Crippen LogP contribution in [0.25, 0.3) is 0 Å². The average Bonchev–Trinajstić information content (AvgIpc) is 2.59. The fourth-order valence-corrected chi connectivity index (χ4v) is 1.83. The van der Waals surface area contributed by atoms with Crippen molar-refractivity contribution in [2.75, 3.05) is 13.1 Å². The fourth-order valence-electron chi connectivity index (χ4n) is 1.83. The molecule has 0 aromatic heterocycles. The van der Waals surface area contributed by atoms with Crippen molar-refractivity contribution in [2.24, 2.45) is 0 Å². The zero-order chi connectivity index (χ0) is 18.7. The summed E-state index contributed by atoms with van der Waals surface area (Å²) in [5.74, 6) is -0.851. The number of nitrogens with one attached hydrogen (secondary N) is 4. The molecule has 0 aliphatic carbocycles. The third-order valence-corrected chi connectivity index (χ3v) is 3.47. The van der Waals surface area contributed by atoms with Crippen LogP contribution >= 0.6 is 0 Å². The van der Waals surface area contributed by atoms with E-state index in [9.17, 15) is 18.8 Å². The highest BCUT2D eigenvalue weighted by Crippen LogP contribution is 2.01. The van der Waals surface area contributed by atoms with Crippen molar-refractivity contribution in [3.8, 4) is 0 Å². The normalized spacial score (nSPS) is 11.3. The Bertz CT molecular complexity index is 578. The Balaban J connectivity index is 2.13. The minimum absolute atomic E-state index is 0.106. The van der Waals surface area contributed by atoms with E-state index in [4.69, 9.17) is 0 Å². The van der Waals surface area contributed by atoms with Gasteiger partial charge in [-0.05, 0) is 31.0 Å². The first-order chi connectivity index (χ1) is 11.9. The number of amides is 4. The number of hydrogen-bond donors (Lipinski definition) is 4. The zero-order valence-corrected chi connectivity index (χ0v) is 14.5. The fraction of sp³-hybridized carbons (Fsp3) is 0.471. The minimum atomic E-state index is -0.506. The predicted molar refractivity (Wildman–Crippen MR) is 92.2 cm³/mol. The van der Waals surface area contributed by atoms with E-state index < -0.39 is 6.03 Å². The summed E-state index contributed by atoms with van der Waals surface area (Å²) < 4.78 is 12.8. The Morgan fingerprint density at radius 3 is 2.36 bits per heavy atom. The molecule has 8 heteroatoms. The minimum Gasteiger partial charge on any atom is -0.354 e. The van der Waals surface area contributed by atoms with E-state index in [-0.39, 0.29) is 49.7 Å². The summed E-state index contributed by atoms with van der Waals surface area (Å²) >= 11 is 0. The summed E-state index contributed by atoms with van der Waals surface area (Å²) in [6.45, 7) is 4.12. The van der Waals surface area contributed by atoms with E-state index in [1.54, 1.807) is 12.1 Å². The van der Waals surface area contributed by atoms with Gasteiger partial charge in [0.2, 0.25) is 11.8 Å². The topological polar surface area (TPSA) is 99.3 Å². The quantitative estimate of drug-likeness (QED) is 0.534. The lowest BCUT2D eigenvalue weighted by molar-refractivity contribution is -0.122. The van der Waals surface area contributed by atoms with Crippen molar-refractivity contribution in [3.63, 3.8) is 0 Å². The molecular weight excluding hydrogens is 327 g/mol. The van der Waals surface area contributed by atoms with Gasteiger partial charge in [0, 0.05) is 25.6 Å². The lowest BCUT2D eigenvalue weighted by Crippen LogP contribution is -2.42. The highest BCUT2D eigenvalue weighted by Gasteiger charge is 2.08. The molecule has 0 fully saturated rings. The molecule has 0 bridgehead atoms. The van der Waals surface area contributed by atoms with Gasteiger partial charge >= 0.3 is 6.03 Å². The molecule has 1 atom stereocenters. The van der Waals surface area contributed by atoms with Crippen LogP contribution in [0.1, 0.15) is 32.3 Å². The molecule has 0 heterocycles. The van der Waals surface area contributed by atoms with Crippen LogP contribution in [0.15, 0.2) is 24.3 Å². The van der Waals surface area contributed by atoms with Crippen LogP contribution in [-0.4, -0.2) is 37.0 Å². The van der Waals surface area contributed by atoms with E-state index in [0.717, 1.165) is 12.0 Å². The maximum absolute atomic E-state index is 12.8. The molecule has 4 amide bonds.